The van der Waals surface area contributed by atoms with Crippen molar-refractivity contribution in [3.63, 3.8) is 0 Å². The molecule has 1 N–H and O–H groups in total. The summed E-state index contributed by atoms with van der Waals surface area (Å²) in [7, 11) is 0. The molecule has 0 aliphatic carbocycles. The van der Waals surface area contributed by atoms with Gasteiger partial charge in [-0.05, 0) is 12.1 Å². The quantitative estimate of drug-likeness (QED) is 0.396. The Labute approximate surface area is 41.9 Å². The van der Waals surface area contributed by atoms with Crippen LogP contribution < -0.4 is 0 Å². The predicted molar refractivity (Wildman–Crippen MR) is 28.6 cm³/mol. The van der Waals surface area contributed by atoms with E-state index in [1.54, 1.807) is 4.57 Å². The molecule has 1 aromatic heterocycles. The van der Waals surface area contributed by atoms with E-state index in [-0.39, 0.29) is 0 Å². The summed E-state index contributed by atoms with van der Waals surface area (Å²) >= 11 is 0. The van der Waals surface area contributed by atoms with E-state index in [0.717, 1.165) is 0 Å². The third-order valence-electron chi connectivity index (χ3n) is 0.777. The molecule has 0 aromatic carbocycles. The van der Waals surface area contributed by atoms with Crippen LogP contribution in [0.15, 0.2) is 24.5 Å². The number of nitrogens with one attached hydrogen (secondary N) is 1. The minimum absolute atomic E-state index is 1.25. The summed E-state index contributed by atoms with van der Waals surface area (Å²) in [6, 6.07) is 3.76. The lowest BCUT2D eigenvalue weighted by molar-refractivity contribution is 1.18. The van der Waals surface area contributed by atoms with E-state index in [4.69, 9.17) is 5.41 Å². The van der Waals surface area contributed by atoms with Crippen LogP contribution in [0, 0.1) is 5.41 Å². The monoisotopic (exact) mass is 94.1 g/mol. The number of aromatic nitrogens is 1. The fourth-order valence-electron chi connectivity index (χ4n) is 0.434. The summed E-state index contributed by atoms with van der Waals surface area (Å²) in [5.74, 6) is 0. The summed E-state index contributed by atoms with van der Waals surface area (Å²) in [4.78, 5) is 0. The molecule has 2 heteroatoms. The molecule has 0 bridgehead atoms. The lowest BCUT2D eigenvalue weighted by Gasteiger charge is -1.81. The second kappa shape index (κ2) is 1.60. The van der Waals surface area contributed by atoms with Crippen LogP contribution >= 0.6 is 0 Å². The van der Waals surface area contributed by atoms with Gasteiger partial charge in [0.2, 0.25) is 0 Å². The maximum atomic E-state index is 6.70. The molecule has 7 heavy (non-hydrogen) atoms. The van der Waals surface area contributed by atoms with Crippen molar-refractivity contribution in [2.24, 2.45) is 0 Å². The largest absolute Gasteiger partial charge is 0.315 e. The highest BCUT2D eigenvalue weighted by atomic mass is 14.9. The Balaban J connectivity index is 2.96. The Morgan fingerprint density at radius 2 is 1.86 bits per heavy atom. The Hall–Kier alpha value is -1.05. The molecule has 0 spiro atoms. The molecule has 1 rings (SSSR count). The van der Waals surface area contributed by atoms with Gasteiger partial charge < -0.3 is 4.57 Å². The summed E-state index contributed by atoms with van der Waals surface area (Å²) in [6.07, 6.45) is 4.88. The summed E-state index contributed by atoms with van der Waals surface area (Å²) in [6.45, 7) is 0. The minimum atomic E-state index is 1.25. The van der Waals surface area contributed by atoms with Gasteiger partial charge in [-0.25, -0.2) is 0 Å². The van der Waals surface area contributed by atoms with Gasteiger partial charge >= 0.3 is 0 Å². The maximum Gasteiger partial charge on any atom is 0.0898 e. The molecule has 2 nitrogen and oxygen atoms in total. The molecule has 0 aliphatic heterocycles. The molecule has 0 saturated carbocycles. The lowest BCUT2D eigenvalue weighted by Crippen LogP contribution is -1.84. The maximum absolute atomic E-state index is 6.70. The summed E-state index contributed by atoms with van der Waals surface area (Å²) < 4.78 is 1.67. The Morgan fingerprint density at radius 1 is 1.29 bits per heavy atom. The van der Waals surface area contributed by atoms with E-state index in [9.17, 15) is 0 Å². The van der Waals surface area contributed by atoms with Crippen LogP contribution in [0.4, 0.5) is 0 Å². The number of rotatable bonds is 1. The summed E-state index contributed by atoms with van der Waals surface area (Å²) in [5.41, 5.74) is 0. The van der Waals surface area contributed by atoms with Gasteiger partial charge in [-0.15, -0.1) is 0 Å². The molecule has 0 radical (unpaired) electrons. The normalized spacial score (nSPS) is 8.57. The van der Waals surface area contributed by atoms with Crippen molar-refractivity contribution in [3.05, 3.63) is 24.5 Å². The highest BCUT2D eigenvalue weighted by Gasteiger charge is 1.73. The van der Waals surface area contributed by atoms with Crippen molar-refractivity contribution < 1.29 is 0 Å². The second-order valence-corrected chi connectivity index (χ2v) is 1.26. The first-order chi connectivity index (χ1) is 3.43. The number of nitrogens with zero attached hydrogens (tertiary/aromatic N) is 1. The zero-order chi connectivity index (χ0) is 5.11. The molecule has 0 atom stereocenters. The first kappa shape index (κ1) is 4.12. The van der Waals surface area contributed by atoms with E-state index >= 15 is 0 Å². The average Bonchev–Trinajstić information content (AvgIpc) is 2.14. The highest BCUT2D eigenvalue weighted by Crippen LogP contribution is 1.81. The standard InChI is InChI=1S/C5H6N2/c6-5-7-3-1-2-4-7/h1-6H. The van der Waals surface area contributed by atoms with Crippen molar-refractivity contribution >= 4 is 6.34 Å². The van der Waals surface area contributed by atoms with Crippen LogP contribution in [0.2, 0.25) is 0 Å². The SMILES string of the molecule is N=Cn1cccc1. The molecule has 0 amide bonds. The lowest BCUT2D eigenvalue weighted by atomic mass is 10.7. The molecule has 1 aromatic rings. The van der Waals surface area contributed by atoms with Crippen LogP contribution in [-0.4, -0.2) is 10.9 Å². The van der Waals surface area contributed by atoms with Crippen molar-refractivity contribution in [2.75, 3.05) is 0 Å². The van der Waals surface area contributed by atoms with Gasteiger partial charge in [-0.1, -0.05) is 0 Å². The summed E-state index contributed by atoms with van der Waals surface area (Å²) in [5, 5.41) is 6.70. The third-order valence-corrected chi connectivity index (χ3v) is 0.777. The fraction of sp³-hybridized carbons (Fsp3) is 0. The van der Waals surface area contributed by atoms with Crippen molar-refractivity contribution in [1.29, 1.82) is 5.41 Å². The van der Waals surface area contributed by atoms with Gasteiger partial charge in [-0.2, -0.15) is 0 Å². The molecule has 0 saturated heterocycles. The minimum Gasteiger partial charge on any atom is -0.315 e. The second-order valence-electron chi connectivity index (χ2n) is 1.26. The molecule has 1 heterocycles. The van der Waals surface area contributed by atoms with E-state index in [2.05, 4.69) is 0 Å². The average molecular weight is 94.1 g/mol. The Bertz CT molecular complexity index is 141. The zero-order valence-electron chi connectivity index (χ0n) is 3.83. The van der Waals surface area contributed by atoms with Gasteiger partial charge in [0.15, 0.2) is 0 Å². The number of hydrogen-bond donors (Lipinski definition) is 1. The van der Waals surface area contributed by atoms with E-state index in [1.807, 2.05) is 24.5 Å². The Morgan fingerprint density at radius 3 is 2.14 bits per heavy atom. The highest BCUT2D eigenvalue weighted by molar-refractivity contribution is 5.53. The zero-order valence-corrected chi connectivity index (χ0v) is 3.83. The van der Waals surface area contributed by atoms with Crippen LogP contribution in [0.3, 0.4) is 0 Å². The van der Waals surface area contributed by atoms with Gasteiger partial charge in [-0.3, -0.25) is 5.41 Å². The molecular weight excluding hydrogens is 88.1 g/mol. The number of hydrogen-bond acceptors (Lipinski definition) is 1. The van der Waals surface area contributed by atoms with Crippen molar-refractivity contribution in [3.8, 4) is 0 Å². The van der Waals surface area contributed by atoms with Gasteiger partial charge in [0, 0.05) is 12.4 Å². The van der Waals surface area contributed by atoms with Gasteiger partial charge in [0.25, 0.3) is 0 Å². The Kier molecular flexibility index (Phi) is 0.941. The first-order valence-electron chi connectivity index (χ1n) is 2.06. The first-order valence-corrected chi connectivity index (χ1v) is 2.06. The van der Waals surface area contributed by atoms with Crippen molar-refractivity contribution in [2.45, 2.75) is 0 Å². The smallest absolute Gasteiger partial charge is 0.0898 e. The van der Waals surface area contributed by atoms with Gasteiger partial charge in [0.05, 0.1) is 6.34 Å². The van der Waals surface area contributed by atoms with Crippen LogP contribution in [0.25, 0.3) is 0 Å². The van der Waals surface area contributed by atoms with Crippen LogP contribution in [0.1, 0.15) is 0 Å². The molecule has 0 aliphatic rings. The van der Waals surface area contributed by atoms with E-state index in [0.29, 0.717) is 0 Å². The van der Waals surface area contributed by atoms with E-state index < -0.39 is 0 Å². The fourth-order valence-corrected chi connectivity index (χ4v) is 0.434. The van der Waals surface area contributed by atoms with Gasteiger partial charge in [0.1, 0.15) is 0 Å². The molecule has 0 fully saturated rings. The topological polar surface area (TPSA) is 28.8 Å². The molecule has 0 unspecified atom stereocenters. The molecular formula is C5H6N2. The van der Waals surface area contributed by atoms with Crippen molar-refractivity contribution in [1.82, 2.24) is 4.57 Å². The third kappa shape index (κ3) is 0.682. The van der Waals surface area contributed by atoms with Crippen LogP contribution in [-0.2, 0) is 0 Å². The van der Waals surface area contributed by atoms with Crippen LogP contribution in [0.5, 0.6) is 0 Å². The van der Waals surface area contributed by atoms with E-state index in [1.165, 1.54) is 6.34 Å². The molecule has 36 valence electrons. The predicted octanol–water partition coefficient (Wildman–Crippen LogP) is 0.943.